The number of esters is 1. The van der Waals surface area contributed by atoms with Crippen molar-refractivity contribution in [2.24, 2.45) is 4.99 Å². The number of nitrogens with zero attached hydrogens (tertiary/aromatic N) is 2. The number of methoxy groups -OCH3 is 1. The van der Waals surface area contributed by atoms with Crippen molar-refractivity contribution in [1.29, 1.82) is 0 Å². The lowest BCUT2D eigenvalue weighted by Gasteiger charge is -2.26. The minimum absolute atomic E-state index is 0.178. The summed E-state index contributed by atoms with van der Waals surface area (Å²) in [7, 11) is 1.56. The lowest BCUT2D eigenvalue weighted by Crippen LogP contribution is -2.40. The normalized spacial score (nSPS) is 14.4. The topological polar surface area (TPSA) is 79.1 Å². The number of hydrogen-bond donors (Lipinski definition) is 0. The molecule has 6 rings (SSSR count). The summed E-state index contributed by atoms with van der Waals surface area (Å²) in [6, 6.07) is 26.6. The largest absolute Gasteiger partial charge is 0.493 e. The van der Waals surface area contributed by atoms with Crippen molar-refractivity contribution in [2.75, 3.05) is 13.7 Å². The predicted molar refractivity (Wildman–Crippen MR) is 198 cm³/mol. The number of carbonyl (C=O) groups is 1. The number of hydrogen-bond acceptors (Lipinski definition) is 7. The standard InChI is InChI=1S/C39H34FIN2O5S/c1-5-47-38(45)33-34(27-9-7-6-8-10-27)42-39-43(35(33)28-15-13-26(14-16-28)23(2)3)37(44)32(49-39)21-25-19-30(41)36(31(20-25)46-4)48-22-24-11-17-29(40)18-12-24/h6-21,23,35H,5,22H2,1-4H3/b32-21-/t35-/m0/s1. The molecule has 0 N–H and O–H groups in total. The molecular weight excluding hydrogens is 754 g/mol. The molecule has 2 heterocycles. The van der Waals surface area contributed by atoms with Crippen molar-refractivity contribution in [3.8, 4) is 11.5 Å². The van der Waals surface area contributed by atoms with E-state index < -0.39 is 12.0 Å². The highest BCUT2D eigenvalue weighted by Crippen LogP contribution is 2.37. The van der Waals surface area contributed by atoms with E-state index in [0.29, 0.717) is 38.0 Å². The maximum atomic E-state index is 14.4. The molecule has 0 spiro atoms. The molecule has 0 radical (unpaired) electrons. The molecule has 0 bridgehead atoms. The van der Waals surface area contributed by atoms with Gasteiger partial charge in [0.15, 0.2) is 16.3 Å². The monoisotopic (exact) mass is 788 g/mol. The number of fused-ring (bicyclic) bond motifs is 1. The SMILES string of the molecule is CCOC(=O)C1=C(c2ccccc2)N=c2s/c(=C\c3cc(I)c(OCc4ccc(F)cc4)c(OC)c3)c(=O)n2[C@H]1c1ccc(C(C)C)cc1. The van der Waals surface area contributed by atoms with Gasteiger partial charge in [0, 0.05) is 5.56 Å². The summed E-state index contributed by atoms with van der Waals surface area (Å²) in [5.74, 6) is 0.521. The van der Waals surface area contributed by atoms with E-state index in [1.165, 1.54) is 23.5 Å². The second-order valence-corrected chi connectivity index (χ2v) is 13.9. The van der Waals surface area contributed by atoms with Crippen molar-refractivity contribution in [3.63, 3.8) is 0 Å². The molecule has 1 aromatic heterocycles. The third-order valence-electron chi connectivity index (χ3n) is 8.14. The summed E-state index contributed by atoms with van der Waals surface area (Å²) in [6.07, 6.45) is 1.80. The molecule has 0 aliphatic carbocycles. The van der Waals surface area contributed by atoms with Crippen LogP contribution in [0.5, 0.6) is 11.5 Å². The molecule has 1 atom stereocenters. The van der Waals surface area contributed by atoms with Gasteiger partial charge in [-0.25, -0.2) is 14.2 Å². The summed E-state index contributed by atoms with van der Waals surface area (Å²) in [4.78, 5) is 33.5. The van der Waals surface area contributed by atoms with Gasteiger partial charge < -0.3 is 14.2 Å². The molecule has 1 aliphatic rings. The number of aromatic nitrogens is 1. The summed E-state index contributed by atoms with van der Waals surface area (Å²) >= 11 is 3.43. The number of carbonyl (C=O) groups excluding carboxylic acids is 1. The molecular formula is C39H34FIN2O5S. The number of ether oxygens (including phenoxy) is 3. The Kier molecular flexibility index (Phi) is 10.4. The summed E-state index contributed by atoms with van der Waals surface area (Å²) in [5, 5.41) is 0. The Bertz CT molecular complexity index is 2210. The second kappa shape index (κ2) is 14.9. The van der Waals surface area contributed by atoms with E-state index in [9.17, 15) is 14.0 Å². The molecule has 10 heteroatoms. The van der Waals surface area contributed by atoms with Gasteiger partial charge >= 0.3 is 5.97 Å². The Balaban J connectivity index is 1.49. The summed E-state index contributed by atoms with van der Waals surface area (Å²) in [6.45, 7) is 6.41. The number of benzene rings is 4. The average molecular weight is 789 g/mol. The van der Waals surface area contributed by atoms with Crippen molar-refractivity contribution >= 4 is 51.7 Å². The van der Waals surface area contributed by atoms with Gasteiger partial charge in [-0.15, -0.1) is 0 Å². The highest BCUT2D eigenvalue weighted by Gasteiger charge is 2.35. The maximum absolute atomic E-state index is 14.4. The van der Waals surface area contributed by atoms with E-state index in [1.807, 2.05) is 66.7 Å². The Morgan fingerprint density at radius 3 is 2.41 bits per heavy atom. The van der Waals surface area contributed by atoms with Crippen LogP contribution in [0.15, 0.2) is 106 Å². The van der Waals surface area contributed by atoms with E-state index in [-0.39, 0.29) is 24.6 Å². The van der Waals surface area contributed by atoms with Crippen molar-refractivity contribution < 1.29 is 23.4 Å². The Hall–Kier alpha value is -4.55. The zero-order valence-corrected chi connectivity index (χ0v) is 30.4. The van der Waals surface area contributed by atoms with Gasteiger partial charge in [0.2, 0.25) is 0 Å². The third kappa shape index (κ3) is 7.25. The fourth-order valence-electron chi connectivity index (χ4n) is 5.67. The summed E-state index contributed by atoms with van der Waals surface area (Å²) in [5.41, 5.74) is 4.73. The van der Waals surface area contributed by atoms with Crippen LogP contribution in [0.1, 0.15) is 60.5 Å². The number of halogens is 2. The molecule has 5 aromatic rings. The smallest absolute Gasteiger partial charge is 0.338 e. The first-order valence-corrected chi connectivity index (χ1v) is 17.7. The molecule has 0 fully saturated rings. The minimum atomic E-state index is -0.759. The van der Waals surface area contributed by atoms with Gasteiger partial charge in [-0.2, -0.15) is 0 Å². The van der Waals surface area contributed by atoms with Crippen molar-refractivity contribution in [3.05, 3.63) is 153 Å². The summed E-state index contributed by atoms with van der Waals surface area (Å²) < 4.78 is 33.5. The number of rotatable bonds is 10. The molecule has 250 valence electrons. The second-order valence-electron chi connectivity index (χ2n) is 11.7. The molecule has 0 saturated heterocycles. The van der Waals surface area contributed by atoms with Gasteiger partial charge in [-0.1, -0.05) is 91.9 Å². The molecule has 0 saturated carbocycles. The van der Waals surface area contributed by atoms with E-state index in [4.69, 9.17) is 19.2 Å². The molecule has 0 amide bonds. The first kappa shape index (κ1) is 34.3. The zero-order valence-electron chi connectivity index (χ0n) is 27.4. The average Bonchev–Trinajstić information content (AvgIpc) is 3.41. The van der Waals surface area contributed by atoms with Crippen LogP contribution in [0.3, 0.4) is 0 Å². The van der Waals surface area contributed by atoms with Crippen molar-refractivity contribution in [2.45, 2.75) is 39.3 Å². The van der Waals surface area contributed by atoms with E-state index >= 15 is 0 Å². The van der Waals surface area contributed by atoms with E-state index in [1.54, 1.807) is 36.8 Å². The predicted octanol–water partition coefficient (Wildman–Crippen LogP) is 7.39. The van der Waals surface area contributed by atoms with Crippen LogP contribution in [-0.4, -0.2) is 24.3 Å². The molecule has 4 aromatic carbocycles. The van der Waals surface area contributed by atoms with Crippen LogP contribution < -0.4 is 24.4 Å². The quantitative estimate of drug-likeness (QED) is 0.109. The lowest BCUT2D eigenvalue weighted by molar-refractivity contribution is -0.138. The minimum Gasteiger partial charge on any atom is -0.493 e. The highest BCUT2D eigenvalue weighted by molar-refractivity contribution is 14.1. The fraction of sp³-hybridized carbons (Fsp3) is 0.205. The van der Waals surface area contributed by atoms with Gasteiger partial charge in [-0.3, -0.25) is 9.36 Å². The van der Waals surface area contributed by atoms with Gasteiger partial charge in [0.25, 0.3) is 5.56 Å². The van der Waals surface area contributed by atoms with Crippen LogP contribution in [0.25, 0.3) is 11.8 Å². The Labute approximate surface area is 301 Å². The van der Waals surface area contributed by atoms with E-state index in [2.05, 4.69) is 36.4 Å². The zero-order chi connectivity index (χ0) is 34.7. The third-order valence-corrected chi connectivity index (χ3v) is 9.92. The van der Waals surface area contributed by atoms with Crippen molar-refractivity contribution in [1.82, 2.24) is 4.57 Å². The lowest BCUT2D eigenvalue weighted by atomic mass is 9.91. The molecule has 7 nitrogen and oxygen atoms in total. The van der Waals surface area contributed by atoms with Crippen LogP contribution in [0, 0.1) is 9.39 Å². The van der Waals surface area contributed by atoms with Crippen LogP contribution in [-0.2, 0) is 16.1 Å². The first-order chi connectivity index (χ1) is 23.7. The van der Waals surface area contributed by atoms with Gasteiger partial charge in [0.1, 0.15) is 12.4 Å². The number of thiazole rings is 1. The van der Waals surface area contributed by atoms with Gasteiger partial charge in [0.05, 0.1) is 39.1 Å². The first-order valence-electron chi connectivity index (χ1n) is 15.8. The Morgan fingerprint density at radius 1 is 1.04 bits per heavy atom. The van der Waals surface area contributed by atoms with Crippen LogP contribution >= 0.6 is 33.9 Å². The van der Waals surface area contributed by atoms with Gasteiger partial charge in [-0.05, 0) is 88.0 Å². The van der Waals surface area contributed by atoms with Crippen LogP contribution in [0.2, 0.25) is 0 Å². The molecule has 0 unspecified atom stereocenters. The Morgan fingerprint density at radius 2 is 1.76 bits per heavy atom. The highest BCUT2D eigenvalue weighted by atomic mass is 127. The van der Waals surface area contributed by atoms with E-state index in [0.717, 1.165) is 31.4 Å². The maximum Gasteiger partial charge on any atom is 0.338 e. The van der Waals surface area contributed by atoms with Crippen LogP contribution in [0.4, 0.5) is 4.39 Å². The fourth-order valence-corrected chi connectivity index (χ4v) is 7.45. The molecule has 1 aliphatic heterocycles. The molecule has 49 heavy (non-hydrogen) atoms.